The number of ether oxygens (including phenoxy) is 1. The van der Waals surface area contributed by atoms with E-state index in [-0.39, 0.29) is 12.5 Å². The van der Waals surface area contributed by atoms with Crippen molar-refractivity contribution in [2.75, 3.05) is 31.4 Å². The van der Waals surface area contributed by atoms with Gasteiger partial charge in [-0.3, -0.25) is 9.69 Å². The molecule has 0 saturated carbocycles. The lowest BCUT2D eigenvalue weighted by atomic mass is 9.94. The van der Waals surface area contributed by atoms with Crippen LogP contribution in [-0.2, 0) is 14.3 Å². The lowest BCUT2D eigenvalue weighted by molar-refractivity contribution is -0.139. The van der Waals surface area contributed by atoms with Gasteiger partial charge in [-0.25, -0.2) is 9.79 Å². The molecule has 0 aliphatic carbocycles. The van der Waals surface area contributed by atoms with Gasteiger partial charge < -0.3 is 9.64 Å². The van der Waals surface area contributed by atoms with Gasteiger partial charge in [-0.05, 0) is 31.5 Å². The molecule has 1 fully saturated rings. The number of carbonyl (C=O) groups excluding carboxylic acids is 2. The van der Waals surface area contributed by atoms with Crippen LogP contribution in [0.25, 0.3) is 0 Å². The van der Waals surface area contributed by atoms with Crippen molar-refractivity contribution in [3.05, 3.63) is 41.1 Å². The Morgan fingerprint density at radius 3 is 2.64 bits per heavy atom. The van der Waals surface area contributed by atoms with E-state index in [9.17, 15) is 9.59 Å². The maximum atomic E-state index is 12.6. The van der Waals surface area contributed by atoms with E-state index in [1.165, 1.54) is 11.8 Å². The molecule has 1 amide bonds. The Hall–Kier alpha value is -2.28. The number of fused-ring (bicyclic) bond motifs is 1. The molecule has 2 heterocycles. The predicted octanol–water partition coefficient (Wildman–Crippen LogP) is 2.58. The van der Waals surface area contributed by atoms with Gasteiger partial charge in [0.15, 0.2) is 5.17 Å². The SMILES string of the molecule is CCOC(=O)C1=C(C)N=C2SCC(=O)N2C1c1ccc(N(C)C)cc1. The summed E-state index contributed by atoms with van der Waals surface area (Å²) in [6.45, 7) is 3.84. The summed E-state index contributed by atoms with van der Waals surface area (Å²) in [6, 6.07) is 7.36. The molecule has 0 aromatic heterocycles. The van der Waals surface area contributed by atoms with Crippen LogP contribution in [0.4, 0.5) is 5.69 Å². The van der Waals surface area contributed by atoms with E-state index in [1.54, 1.807) is 18.7 Å². The molecule has 6 nitrogen and oxygen atoms in total. The zero-order chi connectivity index (χ0) is 18.1. The Kier molecular flexibility index (Phi) is 4.85. The number of thioether (sulfide) groups is 1. The van der Waals surface area contributed by atoms with Crippen molar-refractivity contribution in [2.45, 2.75) is 19.9 Å². The number of esters is 1. The Morgan fingerprint density at radius 2 is 2.04 bits per heavy atom. The minimum atomic E-state index is -0.495. The number of allylic oxidation sites excluding steroid dienone is 1. The second-order valence-corrected chi connectivity index (χ2v) is 7.00. The Labute approximate surface area is 151 Å². The molecule has 1 atom stereocenters. The average Bonchev–Trinajstić information content (AvgIpc) is 2.94. The first-order valence-electron chi connectivity index (χ1n) is 8.12. The standard InChI is InChI=1S/C18H21N3O3S/c1-5-24-17(23)15-11(2)19-18-21(14(22)10-25-18)16(15)12-6-8-13(9-7-12)20(3)4/h6-9,16H,5,10H2,1-4H3. The number of amidine groups is 1. The first-order valence-corrected chi connectivity index (χ1v) is 9.11. The summed E-state index contributed by atoms with van der Waals surface area (Å²) >= 11 is 1.40. The fourth-order valence-corrected chi connectivity index (χ4v) is 3.92. The molecule has 1 aromatic carbocycles. The van der Waals surface area contributed by atoms with E-state index in [4.69, 9.17) is 4.74 Å². The van der Waals surface area contributed by atoms with Gasteiger partial charge in [0.25, 0.3) is 0 Å². The first kappa shape index (κ1) is 17.5. The van der Waals surface area contributed by atoms with Gasteiger partial charge in [0.1, 0.15) is 0 Å². The average molecular weight is 359 g/mol. The molecule has 1 unspecified atom stereocenters. The molecular weight excluding hydrogens is 338 g/mol. The van der Waals surface area contributed by atoms with Crippen molar-refractivity contribution >= 4 is 34.5 Å². The molecule has 2 aliphatic heterocycles. The van der Waals surface area contributed by atoms with Gasteiger partial charge >= 0.3 is 5.97 Å². The normalized spacial score (nSPS) is 19.7. The largest absolute Gasteiger partial charge is 0.463 e. The monoisotopic (exact) mass is 359 g/mol. The third-order valence-corrected chi connectivity index (χ3v) is 5.14. The van der Waals surface area contributed by atoms with Crippen molar-refractivity contribution < 1.29 is 14.3 Å². The highest BCUT2D eigenvalue weighted by Crippen LogP contribution is 2.41. The molecule has 3 rings (SSSR count). The quantitative estimate of drug-likeness (QED) is 0.773. The molecular formula is C18H21N3O3S. The minimum absolute atomic E-state index is 0.0419. The highest BCUT2D eigenvalue weighted by Gasteiger charge is 2.43. The maximum Gasteiger partial charge on any atom is 0.338 e. The third-order valence-electron chi connectivity index (χ3n) is 4.20. The van der Waals surface area contributed by atoms with Crippen LogP contribution in [0.2, 0.25) is 0 Å². The van der Waals surface area contributed by atoms with Crippen molar-refractivity contribution in [2.24, 2.45) is 4.99 Å². The predicted molar refractivity (Wildman–Crippen MR) is 99.6 cm³/mol. The van der Waals surface area contributed by atoms with Gasteiger partial charge in [0.2, 0.25) is 5.91 Å². The lowest BCUT2D eigenvalue weighted by Crippen LogP contribution is -2.39. The van der Waals surface area contributed by atoms with Crippen molar-refractivity contribution in [1.29, 1.82) is 0 Å². The van der Waals surface area contributed by atoms with E-state index in [0.29, 0.717) is 22.2 Å². The van der Waals surface area contributed by atoms with E-state index in [1.807, 2.05) is 43.3 Å². The Morgan fingerprint density at radius 1 is 1.36 bits per heavy atom. The number of nitrogens with zero attached hydrogens (tertiary/aromatic N) is 3. The zero-order valence-electron chi connectivity index (χ0n) is 14.8. The minimum Gasteiger partial charge on any atom is -0.463 e. The van der Waals surface area contributed by atoms with Crippen LogP contribution in [0.5, 0.6) is 0 Å². The lowest BCUT2D eigenvalue weighted by Gasteiger charge is -2.33. The maximum absolute atomic E-state index is 12.6. The summed E-state index contributed by atoms with van der Waals surface area (Å²) in [6.07, 6.45) is 0. The Bertz CT molecular complexity index is 768. The highest BCUT2D eigenvalue weighted by molar-refractivity contribution is 8.15. The van der Waals surface area contributed by atoms with Gasteiger partial charge in [-0.1, -0.05) is 23.9 Å². The van der Waals surface area contributed by atoms with Gasteiger partial charge in [0, 0.05) is 19.8 Å². The summed E-state index contributed by atoms with van der Waals surface area (Å²) < 4.78 is 5.23. The number of aliphatic imine (C=N–C) groups is 1. The fourth-order valence-electron chi connectivity index (χ4n) is 2.98. The molecule has 0 N–H and O–H groups in total. The van der Waals surface area contributed by atoms with Crippen LogP contribution in [0, 0.1) is 0 Å². The zero-order valence-corrected chi connectivity index (χ0v) is 15.6. The van der Waals surface area contributed by atoms with Gasteiger partial charge in [-0.2, -0.15) is 0 Å². The molecule has 2 aliphatic rings. The molecule has 0 radical (unpaired) electrons. The van der Waals surface area contributed by atoms with Crippen molar-refractivity contribution in [3.63, 3.8) is 0 Å². The summed E-state index contributed by atoms with van der Waals surface area (Å²) in [4.78, 5) is 33.1. The van der Waals surface area contributed by atoms with Crippen LogP contribution in [0.3, 0.4) is 0 Å². The summed E-state index contributed by atoms with van der Waals surface area (Å²) in [5, 5.41) is 0.650. The molecule has 1 aromatic rings. The first-order chi connectivity index (χ1) is 11.9. The van der Waals surface area contributed by atoms with Crippen molar-refractivity contribution in [3.8, 4) is 0 Å². The molecule has 25 heavy (non-hydrogen) atoms. The number of anilines is 1. The topological polar surface area (TPSA) is 62.2 Å². The third kappa shape index (κ3) is 3.16. The number of amides is 1. The van der Waals surface area contributed by atoms with Crippen molar-refractivity contribution in [1.82, 2.24) is 4.90 Å². The molecule has 132 valence electrons. The Balaban J connectivity index is 2.09. The molecule has 0 bridgehead atoms. The van der Waals surface area contributed by atoms with Crippen LogP contribution < -0.4 is 4.90 Å². The number of rotatable bonds is 4. The smallest absolute Gasteiger partial charge is 0.338 e. The van der Waals surface area contributed by atoms with Crippen LogP contribution in [0.1, 0.15) is 25.5 Å². The summed E-state index contributed by atoms with van der Waals surface area (Å²) in [5.74, 6) is -0.122. The number of benzene rings is 1. The number of hydrogen-bond donors (Lipinski definition) is 0. The summed E-state index contributed by atoms with van der Waals surface area (Å²) in [5.41, 5.74) is 2.96. The van der Waals surface area contributed by atoms with Crippen LogP contribution in [0.15, 0.2) is 40.5 Å². The van der Waals surface area contributed by atoms with Gasteiger partial charge in [-0.15, -0.1) is 0 Å². The van der Waals surface area contributed by atoms with Crippen LogP contribution >= 0.6 is 11.8 Å². The second kappa shape index (κ2) is 6.92. The van der Waals surface area contributed by atoms with Crippen LogP contribution in [-0.4, -0.2) is 48.4 Å². The molecule has 0 spiro atoms. The second-order valence-electron chi connectivity index (χ2n) is 6.05. The number of hydrogen-bond acceptors (Lipinski definition) is 6. The summed E-state index contributed by atoms with van der Waals surface area (Å²) in [7, 11) is 3.93. The van der Waals surface area contributed by atoms with Gasteiger partial charge in [0.05, 0.1) is 29.7 Å². The highest BCUT2D eigenvalue weighted by atomic mass is 32.2. The number of carbonyl (C=O) groups is 2. The van der Waals surface area contributed by atoms with E-state index < -0.39 is 12.0 Å². The van der Waals surface area contributed by atoms with E-state index >= 15 is 0 Å². The molecule has 1 saturated heterocycles. The fraction of sp³-hybridized carbons (Fsp3) is 0.389. The van der Waals surface area contributed by atoms with E-state index in [2.05, 4.69) is 4.99 Å². The molecule has 7 heteroatoms. The van der Waals surface area contributed by atoms with E-state index in [0.717, 1.165) is 11.3 Å².